The molecule has 1 amide bonds. The molecule has 1 fully saturated rings. The molecule has 0 bridgehead atoms. The minimum atomic E-state index is 0.125. The molecular weight excluding hydrogens is 288 g/mol. The summed E-state index contributed by atoms with van der Waals surface area (Å²) in [5.41, 5.74) is 0. The molecule has 1 aliphatic rings. The van der Waals surface area contributed by atoms with Crippen LogP contribution in [-0.4, -0.2) is 47.1 Å². The Bertz CT molecular complexity index is 590. The molecule has 3 rings (SSSR count). The van der Waals surface area contributed by atoms with Crippen LogP contribution in [0.3, 0.4) is 0 Å². The van der Waals surface area contributed by atoms with E-state index in [1.165, 1.54) is 0 Å². The van der Waals surface area contributed by atoms with Crippen molar-refractivity contribution < 1.29 is 9.32 Å². The van der Waals surface area contributed by atoms with Gasteiger partial charge in [-0.15, -0.1) is 11.3 Å². The van der Waals surface area contributed by atoms with Gasteiger partial charge in [0.1, 0.15) is 0 Å². The van der Waals surface area contributed by atoms with Crippen LogP contribution in [0.2, 0.25) is 0 Å². The van der Waals surface area contributed by atoms with E-state index < -0.39 is 0 Å². The third kappa shape index (κ3) is 3.30. The van der Waals surface area contributed by atoms with Crippen LogP contribution in [0, 0.1) is 0 Å². The van der Waals surface area contributed by atoms with Gasteiger partial charge in [0, 0.05) is 32.5 Å². The summed E-state index contributed by atoms with van der Waals surface area (Å²) in [7, 11) is 1.87. The van der Waals surface area contributed by atoms with Crippen LogP contribution in [0.15, 0.2) is 22.0 Å². The molecule has 1 saturated heterocycles. The number of amides is 1. The Balaban J connectivity index is 1.54. The lowest BCUT2D eigenvalue weighted by atomic mass is 10.2. The van der Waals surface area contributed by atoms with E-state index in [9.17, 15) is 4.79 Å². The first kappa shape index (κ1) is 14.2. The van der Waals surface area contributed by atoms with E-state index in [0.29, 0.717) is 30.6 Å². The molecule has 0 saturated carbocycles. The second-order valence-electron chi connectivity index (χ2n) is 5.14. The van der Waals surface area contributed by atoms with E-state index >= 15 is 0 Å². The second-order valence-corrected chi connectivity index (χ2v) is 6.09. The van der Waals surface area contributed by atoms with Gasteiger partial charge < -0.3 is 14.7 Å². The summed E-state index contributed by atoms with van der Waals surface area (Å²) in [5, 5.41) is 9.19. The minimum absolute atomic E-state index is 0.125. The van der Waals surface area contributed by atoms with E-state index in [4.69, 9.17) is 4.52 Å². The number of likely N-dealkylation sites (N-methyl/N-ethyl adjacent to an activating group) is 1. The van der Waals surface area contributed by atoms with Crippen LogP contribution >= 0.6 is 11.3 Å². The molecule has 0 aromatic carbocycles. The first-order valence-corrected chi connectivity index (χ1v) is 7.95. The van der Waals surface area contributed by atoms with Crippen molar-refractivity contribution in [1.82, 2.24) is 20.4 Å². The molecule has 1 N–H and O–H groups in total. The normalized spacial score (nSPS) is 18.0. The Morgan fingerprint density at radius 3 is 3.24 bits per heavy atom. The largest absolute Gasteiger partial charge is 0.341 e. The third-order valence-corrected chi connectivity index (χ3v) is 4.60. The molecular formula is C14H18N4O2S. The van der Waals surface area contributed by atoms with Gasteiger partial charge in [-0.25, -0.2) is 0 Å². The first-order valence-electron chi connectivity index (χ1n) is 7.07. The van der Waals surface area contributed by atoms with Gasteiger partial charge in [-0.2, -0.15) is 4.98 Å². The smallest absolute Gasteiger partial charge is 0.227 e. The van der Waals surface area contributed by atoms with Crippen molar-refractivity contribution in [3.63, 3.8) is 0 Å². The molecule has 112 valence electrons. The molecule has 0 spiro atoms. The summed E-state index contributed by atoms with van der Waals surface area (Å²) in [6.07, 6.45) is 1.91. The third-order valence-electron chi connectivity index (χ3n) is 3.74. The van der Waals surface area contributed by atoms with Gasteiger partial charge in [-0.1, -0.05) is 11.2 Å². The fraction of sp³-hybridized carbons (Fsp3) is 0.500. The Morgan fingerprint density at radius 1 is 1.62 bits per heavy atom. The number of aromatic nitrogens is 2. The highest BCUT2D eigenvalue weighted by Crippen LogP contribution is 2.21. The summed E-state index contributed by atoms with van der Waals surface area (Å²) in [4.78, 5) is 19.3. The van der Waals surface area contributed by atoms with E-state index in [1.54, 1.807) is 11.3 Å². The van der Waals surface area contributed by atoms with Crippen LogP contribution in [0.5, 0.6) is 0 Å². The van der Waals surface area contributed by atoms with Crippen LogP contribution in [-0.2, 0) is 11.2 Å². The SMILES string of the molecule is CN(C(=O)CCc1nc(-c2cccs2)no1)C1CCNC1. The van der Waals surface area contributed by atoms with Gasteiger partial charge in [-0.05, 0) is 24.4 Å². The maximum Gasteiger partial charge on any atom is 0.227 e. The number of thiophene rings is 1. The first-order chi connectivity index (χ1) is 10.2. The fourth-order valence-corrected chi connectivity index (χ4v) is 3.08. The highest BCUT2D eigenvalue weighted by atomic mass is 32.1. The maximum absolute atomic E-state index is 12.1. The number of rotatable bonds is 5. The molecule has 7 heteroatoms. The summed E-state index contributed by atoms with van der Waals surface area (Å²) in [6.45, 7) is 1.86. The number of nitrogens with zero attached hydrogens (tertiary/aromatic N) is 3. The second kappa shape index (κ2) is 6.36. The standard InChI is InChI=1S/C14H18N4O2S/c1-18(10-6-7-15-9-10)13(19)5-4-12-16-14(17-20-12)11-3-2-8-21-11/h2-3,8,10,15H,4-7,9H2,1H3. The zero-order valence-electron chi connectivity index (χ0n) is 11.9. The average Bonchev–Trinajstić information content (AvgIpc) is 3.25. The Labute approximate surface area is 127 Å². The highest BCUT2D eigenvalue weighted by Gasteiger charge is 2.23. The number of aryl methyl sites for hydroxylation is 1. The van der Waals surface area contributed by atoms with Gasteiger partial charge in [0.15, 0.2) is 0 Å². The summed E-state index contributed by atoms with van der Waals surface area (Å²) in [6, 6.07) is 4.21. The van der Waals surface area contributed by atoms with Crippen molar-refractivity contribution in [3.05, 3.63) is 23.4 Å². The van der Waals surface area contributed by atoms with E-state index in [-0.39, 0.29) is 5.91 Å². The van der Waals surface area contributed by atoms with Crippen LogP contribution < -0.4 is 5.32 Å². The molecule has 21 heavy (non-hydrogen) atoms. The van der Waals surface area contributed by atoms with Gasteiger partial charge in [0.2, 0.25) is 17.6 Å². The molecule has 1 aliphatic heterocycles. The van der Waals surface area contributed by atoms with Crippen molar-refractivity contribution >= 4 is 17.2 Å². The Kier molecular flexibility index (Phi) is 4.31. The lowest BCUT2D eigenvalue weighted by molar-refractivity contribution is -0.131. The predicted octanol–water partition coefficient (Wildman–Crippen LogP) is 1.55. The van der Waals surface area contributed by atoms with Crippen LogP contribution in [0.1, 0.15) is 18.7 Å². The van der Waals surface area contributed by atoms with Gasteiger partial charge in [-0.3, -0.25) is 4.79 Å². The summed E-state index contributed by atoms with van der Waals surface area (Å²) >= 11 is 1.57. The van der Waals surface area contributed by atoms with Crippen molar-refractivity contribution in [2.75, 3.05) is 20.1 Å². The van der Waals surface area contributed by atoms with E-state index in [0.717, 1.165) is 24.4 Å². The average molecular weight is 306 g/mol. The number of nitrogens with one attached hydrogen (secondary N) is 1. The highest BCUT2D eigenvalue weighted by molar-refractivity contribution is 7.13. The van der Waals surface area contributed by atoms with Gasteiger partial charge in [0.05, 0.1) is 4.88 Å². The molecule has 1 atom stereocenters. The molecule has 3 heterocycles. The number of carbonyl (C=O) groups is 1. The van der Waals surface area contributed by atoms with Gasteiger partial charge in [0.25, 0.3) is 0 Å². The lowest BCUT2D eigenvalue weighted by Gasteiger charge is -2.23. The fourth-order valence-electron chi connectivity index (χ4n) is 2.43. The topological polar surface area (TPSA) is 71.3 Å². The molecule has 0 radical (unpaired) electrons. The summed E-state index contributed by atoms with van der Waals surface area (Å²) < 4.78 is 5.21. The molecule has 6 nitrogen and oxygen atoms in total. The maximum atomic E-state index is 12.1. The zero-order chi connectivity index (χ0) is 14.7. The number of hydrogen-bond acceptors (Lipinski definition) is 6. The van der Waals surface area contributed by atoms with Crippen LogP contribution in [0.25, 0.3) is 10.7 Å². The quantitative estimate of drug-likeness (QED) is 0.907. The molecule has 0 aliphatic carbocycles. The molecule has 1 unspecified atom stereocenters. The van der Waals surface area contributed by atoms with E-state index in [1.807, 2.05) is 29.5 Å². The molecule has 2 aromatic heterocycles. The predicted molar refractivity (Wildman–Crippen MR) is 80.0 cm³/mol. The minimum Gasteiger partial charge on any atom is -0.341 e. The zero-order valence-corrected chi connectivity index (χ0v) is 12.7. The monoisotopic (exact) mass is 306 g/mol. The number of hydrogen-bond donors (Lipinski definition) is 1. The Morgan fingerprint density at radius 2 is 2.52 bits per heavy atom. The lowest BCUT2D eigenvalue weighted by Crippen LogP contribution is -2.38. The summed E-state index contributed by atoms with van der Waals surface area (Å²) in [5.74, 6) is 1.24. The Hall–Kier alpha value is -1.73. The molecule has 2 aromatic rings. The van der Waals surface area contributed by atoms with E-state index in [2.05, 4.69) is 15.5 Å². The van der Waals surface area contributed by atoms with Crippen molar-refractivity contribution in [2.45, 2.75) is 25.3 Å². The van der Waals surface area contributed by atoms with Crippen molar-refractivity contribution in [2.24, 2.45) is 0 Å². The van der Waals surface area contributed by atoms with Gasteiger partial charge >= 0.3 is 0 Å². The van der Waals surface area contributed by atoms with Crippen LogP contribution in [0.4, 0.5) is 0 Å². The van der Waals surface area contributed by atoms with Crippen molar-refractivity contribution in [1.29, 1.82) is 0 Å². The number of carbonyl (C=O) groups excluding carboxylic acids is 1. The van der Waals surface area contributed by atoms with Crippen molar-refractivity contribution in [3.8, 4) is 10.7 Å².